The molecular weight excluding hydrogens is 481 g/mol. The lowest BCUT2D eigenvalue weighted by molar-refractivity contribution is -0.144. The van der Waals surface area contributed by atoms with E-state index < -0.39 is 12.0 Å². The molecule has 0 saturated carbocycles. The monoisotopic (exact) mass is 510 g/mol. The van der Waals surface area contributed by atoms with Gasteiger partial charge in [-0.15, -0.1) is 5.10 Å². The van der Waals surface area contributed by atoms with Crippen LogP contribution in [0.5, 0.6) is 0 Å². The first-order valence-electron chi connectivity index (χ1n) is 11.6. The third-order valence-corrected chi connectivity index (χ3v) is 6.53. The number of tetrazole rings is 1. The van der Waals surface area contributed by atoms with E-state index >= 15 is 0 Å². The lowest BCUT2D eigenvalue weighted by atomic mass is 9.95. The van der Waals surface area contributed by atoms with Gasteiger partial charge in [0.1, 0.15) is 5.82 Å². The normalized spacial score (nSPS) is 16.0. The zero-order valence-corrected chi connectivity index (χ0v) is 20.7. The molecule has 4 rings (SSSR count). The number of halogens is 3. The number of nitrogens with zero attached hydrogens (tertiary/aromatic N) is 6. The molecule has 1 aliphatic heterocycles. The maximum absolute atomic E-state index is 13.1. The number of aromatic amines is 1. The van der Waals surface area contributed by atoms with Crippen LogP contribution in [0, 0.1) is 5.92 Å². The Morgan fingerprint density at radius 1 is 1.23 bits per heavy atom. The van der Waals surface area contributed by atoms with E-state index in [0.717, 1.165) is 30.6 Å². The second-order valence-electron chi connectivity index (χ2n) is 9.17. The molecular formula is C22H29F3N8OS. The molecule has 0 spiro atoms. The van der Waals surface area contributed by atoms with E-state index in [0.29, 0.717) is 48.6 Å². The molecule has 1 saturated heterocycles. The summed E-state index contributed by atoms with van der Waals surface area (Å²) in [5, 5.41) is 17.2. The van der Waals surface area contributed by atoms with E-state index in [1.54, 1.807) is 0 Å². The standard InChI is InChI=1S/C22H29F3N8OS/c1-13(2)12-33(16-6-8-34-9-7-16)18-5-4-15(14(3)10-19-28-31-32-29-19)11-17(18)26-21-27-20(30-35-21)22(23,24)25/h4-5,11,13-14,16H,6-10,12H2,1-3H3,(H,26,27,30)(H,28,29,31,32)/t14-/m1/s1. The number of rotatable bonds is 9. The third kappa shape index (κ3) is 6.45. The van der Waals surface area contributed by atoms with Crippen LogP contribution in [0.4, 0.5) is 29.7 Å². The van der Waals surface area contributed by atoms with Crippen LogP contribution in [-0.4, -0.2) is 55.8 Å². The van der Waals surface area contributed by atoms with E-state index in [4.69, 9.17) is 4.74 Å². The Hall–Kier alpha value is -2.80. The SMILES string of the molecule is CC(C)CN(c1ccc([C@H](C)Cc2nnn[nH]2)cc1Nc1nc(C(F)(F)F)ns1)C1CCOCC1. The van der Waals surface area contributed by atoms with Gasteiger partial charge < -0.3 is 15.0 Å². The molecule has 2 N–H and O–H groups in total. The number of benzene rings is 1. The second kappa shape index (κ2) is 10.9. The van der Waals surface area contributed by atoms with Gasteiger partial charge in [0.25, 0.3) is 0 Å². The molecule has 0 bridgehead atoms. The van der Waals surface area contributed by atoms with Gasteiger partial charge in [0, 0.05) is 43.8 Å². The van der Waals surface area contributed by atoms with E-state index in [-0.39, 0.29) is 17.1 Å². The molecule has 13 heteroatoms. The largest absolute Gasteiger partial charge is 0.452 e. The molecule has 0 radical (unpaired) electrons. The molecule has 9 nitrogen and oxygen atoms in total. The minimum atomic E-state index is -4.59. The number of alkyl halides is 3. The van der Waals surface area contributed by atoms with Crippen molar-refractivity contribution in [1.29, 1.82) is 0 Å². The second-order valence-corrected chi connectivity index (χ2v) is 9.92. The summed E-state index contributed by atoms with van der Waals surface area (Å²) in [4.78, 5) is 6.03. The zero-order chi connectivity index (χ0) is 25.0. The Kier molecular flexibility index (Phi) is 7.85. The fourth-order valence-corrected chi connectivity index (χ4v) is 4.82. The van der Waals surface area contributed by atoms with E-state index in [1.165, 1.54) is 0 Å². The smallest absolute Gasteiger partial charge is 0.381 e. The van der Waals surface area contributed by atoms with Crippen molar-refractivity contribution in [2.75, 3.05) is 30.0 Å². The van der Waals surface area contributed by atoms with Gasteiger partial charge in [-0.3, -0.25) is 0 Å². The average Bonchev–Trinajstić information content (AvgIpc) is 3.50. The molecule has 0 unspecified atom stereocenters. The molecule has 1 fully saturated rings. The van der Waals surface area contributed by atoms with Crippen molar-refractivity contribution in [2.45, 2.75) is 58.2 Å². The van der Waals surface area contributed by atoms with Crippen LogP contribution < -0.4 is 10.2 Å². The molecule has 35 heavy (non-hydrogen) atoms. The highest BCUT2D eigenvalue weighted by molar-refractivity contribution is 7.09. The summed E-state index contributed by atoms with van der Waals surface area (Å²) in [5.74, 6) is -0.0150. The van der Waals surface area contributed by atoms with Crippen molar-refractivity contribution in [3.05, 3.63) is 35.4 Å². The average molecular weight is 511 g/mol. The Morgan fingerprint density at radius 2 is 2.00 bits per heavy atom. The lowest BCUT2D eigenvalue weighted by Gasteiger charge is -2.38. The lowest BCUT2D eigenvalue weighted by Crippen LogP contribution is -2.42. The fraction of sp³-hybridized carbons (Fsp3) is 0.591. The van der Waals surface area contributed by atoms with Crippen LogP contribution in [0.15, 0.2) is 18.2 Å². The van der Waals surface area contributed by atoms with Crippen molar-refractivity contribution in [1.82, 2.24) is 30.0 Å². The minimum Gasteiger partial charge on any atom is -0.381 e. The maximum Gasteiger partial charge on any atom is 0.452 e. The predicted octanol–water partition coefficient (Wildman–Crippen LogP) is 4.80. The van der Waals surface area contributed by atoms with Gasteiger partial charge in [0.05, 0.1) is 11.4 Å². The van der Waals surface area contributed by atoms with Crippen LogP contribution in [0.2, 0.25) is 0 Å². The highest BCUT2D eigenvalue weighted by Crippen LogP contribution is 2.37. The summed E-state index contributed by atoms with van der Waals surface area (Å²) in [6.45, 7) is 8.55. The molecule has 3 heterocycles. The van der Waals surface area contributed by atoms with Gasteiger partial charge in [-0.1, -0.05) is 26.8 Å². The quantitative estimate of drug-likeness (QED) is 0.423. The molecule has 0 aliphatic carbocycles. The molecule has 1 aromatic carbocycles. The minimum absolute atomic E-state index is 0.0705. The van der Waals surface area contributed by atoms with Gasteiger partial charge in [-0.25, -0.2) is 5.10 Å². The number of hydrogen-bond donors (Lipinski definition) is 2. The molecule has 0 amide bonds. The predicted molar refractivity (Wildman–Crippen MR) is 127 cm³/mol. The van der Waals surface area contributed by atoms with E-state index in [1.807, 2.05) is 12.1 Å². The van der Waals surface area contributed by atoms with Crippen LogP contribution in [0.3, 0.4) is 0 Å². The number of hydrogen-bond acceptors (Lipinski definition) is 9. The molecule has 190 valence electrons. The first-order valence-corrected chi connectivity index (χ1v) is 12.4. The topological polar surface area (TPSA) is 105 Å². The fourth-order valence-electron chi connectivity index (χ4n) is 4.22. The first-order chi connectivity index (χ1) is 16.7. The van der Waals surface area contributed by atoms with Crippen LogP contribution in [0.25, 0.3) is 0 Å². The van der Waals surface area contributed by atoms with E-state index in [2.05, 4.69) is 67.0 Å². The third-order valence-electron chi connectivity index (χ3n) is 5.90. The number of ether oxygens (including phenoxy) is 1. The van der Waals surface area contributed by atoms with Crippen LogP contribution in [0.1, 0.15) is 56.7 Å². The summed E-state index contributed by atoms with van der Waals surface area (Å²) < 4.78 is 48.4. The Morgan fingerprint density at radius 3 is 2.63 bits per heavy atom. The number of aromatic nitrogens is 6. The van der Waals surface area contributed by atoms with Crippen LogP contribution >= 0.6 is 11.5 Å². The molecule has 1 aliphatic rings. The van der Waals surface area contributed by atoms with Gasteiger partial charge in [-0.05, 0) is 52.8 Å². The van der Waals surface area contributed by atoms with Crippen molar-refractivity contribution in [2.24, 2.45) is 5.92 Å². The summed E-state index contributed by atoms with van der Waals surface area (Å²) in [5.41, 5.74) is 2.62. The Labute approximate surface area is 205 Å². The summed E-state index contributed by atoms with van der Waals surface area (Å²) in [6.07, 6.45) is -2.22. The molecule has 1 atom stereocenters. The van der Waals surface area contributed by atoms with Crippen LogP contribution in [-0.2, 0) is 17.3 Å². The molecule has 3 aromatic rings. The number of anilines is 3. The first kappa shape index (κ1) is 25.3. The van der Waals surface area contributed by atoms with Crippen molar-refractivity contribution < 1.29 is 17.9 Å². The van der Waals surface area contributed by atoms with E-state index in [9.17, 15) is 13.2 Å². The van der Waals surface area contributed by atoms with Gasteiger partial charge in [-0.2, -0.15) is 22.5 Å². The number of H-pyrrole nitrogens is 1. The zero-order valence-electron chi connectivity index (χ0n) is 19.8. The summed E-state index contributed by atoms with van der Waals surface area (Å²) >= 11 is 0.697. The molecule has 2 aromatic heterocycles. The van der Waals surface area contributed by atoms with Crippen molar-refractivity contribution in [3.8, 4) is 0 Å². The summed E-state index contributed by atoms with van der Waals surface area (Å²) in [6, 6.07) is 6.35. The Bertz CT molecular complexity index is 1080. The van der Waals surface area contributed by atoms with Gasteiger partial charge >= 0.3 is 6.18 Å². The maximum atomic E-state index is 13.1. The highest BCUT2D eigenvalue weighted by atomic mass is 32.1. The van der Waals surface area contributed by atoms with Crippen molar-refractivity contribution >= 4 is 28.0 Å². The Balaban J connectivity index is 1.69. The summed E-state index contributed by atoms with van der Waals surface area (Å²) in [7, 11) is 0. The van der Waals surface area contributed by atoms with Crippen molar-refractivity contribution in [3.63, 3.8) is 0 Å². The van der Waals surface area contributed by atoms with Gasteiger partial charge in [0.15, 0.2) is 0 Å². The van der Waals surface area contributed by atoms with Gasteiger partial charge in [0.2, 0.25) is 11.0 Å². The highest BCUT2D eigenvalue weighted by Gasteiger charge is 2.36. The number of nitrogens with one attached hydrogen (secondary N) is 2.